The van der Waals surface area contributed by atoms with Crippen molar-refractivity contribution in [1.82, 2.24) is 15.0 Å². The molecule has 0 aliphatic rings. The zero-order chi connectivity index (χ0) is 41.1. The molecule has 5 nitrogen and oxygen atoms in total. The molecule has 0 spiro atoms. The number of aromatic nitrogens is 3. The molecule has 14 heteroatoms. The highest BCUT2D eigenvalue weighted by Crippen LogP contribution is 2.46. The molecule has 8 aromatic rings. The molecule has 0 aliphatic carbocycles. The Morgan fingerprint density at radius 1 is 0.414 bits per heavy atom. The van der Waals surface area contributed by atoms with E-state index in [0.29, 0.717) is 34.4 Å². The highest BCUT2D eigenvalue weighted by Gasteiger charge is 2.38. The van der Waals surface area contributed by atoms with Gasteiger partial charge in [0.1, 0.15) is 0 Å². The Bertz CT molecular complexity index is 3000. The van der Waals surface area contributed by atoms with Crippen molar-refractivity contribution < 1.29 is 39.5 Å². The van der Waals surface area contributed by atoms with Gasteiger partial charge in [0.15, 0.2) is 0 Å². The molecule has 0 fully saturated rings. The minimum Gasteiger partial charge on any atom is -0.247 e. The second kappa shape index (κ2) is 13.7. The third kappa shape index (κ3) is 6.79. The van der Waals surface area contributed by atoms with Crippen molar-refractivity contribution in [2.45, 2.75) is 18.5 Å². The summed E-state index contributed by atoms with van der Waals surface area (Å²) in [4.78, 5) is 14.3. The Hall–Kier alpha value is -7.32. The van der Waals surface area contributed by atoms with Gasteiger partial charge in [-0.05, 0) is 71.8 Å². The van der Waals surface area contributed by atoms with E-state index in [-0.39, 0.29) is 61.6 Å². The highest BCUT2D eigenvalue weighted by atomic mass is 19.4. The second-order valence-corrected chi connectivity index (χ2v) is 13.2. The number of hydrogen-bond acceptors (Lipinski definition) is 5. The Kier molecular flexibility index (Phi) is 8.88. The zero-order valence-electron chi connectivity index (χ0n) is 29.2. The maximum atomic E-state index is 15.4. The van der Waals surface area contributed by atoms with Gasteiger partial charge >= 0.3 is 18.5 Å². The van der Waals surface area contributed by atoms with Crippen LogP contribution in [0.1, 0.15) is 27.8 Å². The van der Waals surface area contributed by atoms with Crippen LogP contribution in [0, 0.1) is 22.7 Å². The normalized spacial score (nSPS) is 12.2. The number of para-hydroxylation sites is 1. The first-order chi connectivity index (χ1) is 27.5. The minimum atomic E-state index is -5.13. The van der Waals surface area contributed by atoms with Gasteiger partial charge in [0.2, 0.25) is 0 Å². The van der Waals surface area contributed by atoms with Crippen molar-refractivity contribution in [2.24, 2.45) is 0 Å². The van der Waals surface area contributed by atoms with Crippen molar-refractivity contribution in [1.29, 1.82) is 10.5 Å². The van der Waals surface area contributed by atoms with Crippen molar-refractivity contribution >= 4 is 32.7 Å². The molecule has 8 rings (SSSR count). The number of nitriles is 2. The Morgan fingerprint density at radius 2 is 0.948 bits per heavy atom. The van der Waals surface area contributed by atoms with Crippen LogP contribution in [0.25, 0.3) is 77.6 Å². The Balaban J connectivity index is 1.47. The molecule has 58 heavy (non-hydrogen) atoms. The average molecular weight is 790 g/mol. The van der Waals surface area contributed by atoms with Crippen LogP contribution in [-0.2, 0) is 18.5 Å². The van der Waals surface area contributed by atoms with Gasteiger partial charge in [-0.25, -0.2) is 15.0 Å². The number of nitrogens with zero attached hydrogens (tertiary/aromatic N) is 5. The van der Waals surface area contributed by atoms with E-state index < -0.39 is 46.2 Å². The van der Waals surface area contributed by atoms with E-state index in [1.54, 1.807) is 60.7 Å². The number of fused-ring (bicyclic) bond motifs is 5. The van der Waals surface area contributed by atoms with E-state index >= 15 is 13.2 Å². The van der Waals surface area contributed by atoms with E-state index in [1.807, 2.05) is 12.1 Å². The third-order valence-electron chi connectivity index (χ3n) is 9.54. The van der Waals surface area contributed by atoms with Crippen LogP contribution in [0.4, 0.5) is 39.5 Å². The molecule has 0 bridgehead atoms. The molecular weight excluding hydrogens is 770 g/mol. The molecule has 0 aliphatic heterocycles. The Labute approximate surface area is 321 Å². The summed E-state index contributed by atoms with van der Waals surface area (Å²) in [5, 5.41) is 18.6. The van der Waals surface area contributed by atoms with Crippen molar-refractivity contribution in [2.75, 3.05) is 0 Å². The number of benzene rings is 6. The zero-order valence-corrected chi connectivity index (χ0v) is 29.2. The lowest BCUT2D eigenvalue weighted by Gasteiger charge is -2.19. The predicted octanol–water partition coefficient (Wildman–Crippen LogP) is 12.8. The molecule has 284 valence electrons. The Morgan fingerprint density at radius 3 is 1.50 bits per heavy atom. The van der Waals surface area contributed by atoms with Gasteiger partial charge in [0.05, 0.1) is 73.6 Å². The molecule has 2 heterocycles. The van der Waals surface area contributed by atoms with Gasteiger partial charge in [-0.3, -0.25) is 0 Å². The minimum absolute atomic E-state index is 0.00753. The van der Waals surface area contributed by atoms with Gasteiger partial charge < -0.3 is 0 Å². The lowest BCUT2D eigenvalue weighted by molar-refractivity contribution is -0.143. The van der Waals surface area contributed by atoms with Gasteiger partial charge in [-0.1, -0.05) is 60.7 Å². The first-order valence-corrected chi connectivity index (χ1v) is 17.1. The SMILES string of the molecule is N#Cc1ccc(-c2nc3cc(C(F)(F)F)c4c(-c5cccc(-c6cc(C(F)(F)F)cc(C(F)(F)F)c6)c5)nc5ccccc5c4c3nc2-c2ccc(C#N)cc2)cc1. The van der Waals surface area contributed by atoms with Crippen molar-refractivity contribution in [3.05, 3.63) is 149 Å². The molecule has 2 aromatic heterocycles. The molecule has 6 aromatic carbocycles. The topological polar surface area (TPSA) is 86.2 Å². The fourth-order valence-electron chi connectivity index (χ4n) is 6.87. The summed E-state index contributed by atoms with van der Waals surface area (Å²) in [6, 6.07) is 29.9. The maximum absolute atomic E-state index is 15.4. The van der Waals surface area contributed by atoms with Crippen LogP contribution in [0.5, 0.6) is 0 Å². The number of hydrogen-bond donors (Lipinski definition) is 0. The third-order valence-corrected chi connectivity index (χ3v) is 9.54. The first kappa shape index (κ1) is 37.6. The summed E-state index contributed by atoms with van der Waals surface area (Å²) in [5.41, 5.74) is -3.11. The van der Waals surface area contributed by atoms with Gasteiger partial charge in [-0.15, -0.1) is 0 Å². The molecule has 0 N–H and O–H groups in total. The lowest BCUT2D eigenvalue weighted by atomic mass is 9.92. The highest BCUT2D eigenvalue weighted by molar-refractivity contribution is 6.22. The standard InChI is InChI=1S/C44H20F9N5/c45-42(46,47)30-17-29(18-31(19-30)43(48,49)50)27-4-3-5-28(16-27)38-37-33(44(51,52)53)20-35-41(36(37)32-6-1-2-7-34(32)56-38)58-40(26-14-10-24(22-55)11-15-26)39(57-35)25-12-8-23(21-54)9-13-25/h1-20H. The molecule has 0 atom stereocenters. The van der Waals surface area contributed by atoms with Crippen LogP contribution in [0.3, 0.4) is 0 Å². The summed E-state index contributed by atoms with van der Waals surface area (Å²) in [7, 11) is 0. The average Bonchev–Trinajstić information content (AvgIpc) is 3.21. The summed E-state index contributed by atoms with van der Waals surface area (Å²) in [5.74, 6) is 0. The largest absolute Gasteiger partial charge is 0.417 e. The number of rotatable bonds is 4. The summed E-state index contributed by atoms with van der Waals surface area (Å²) >= 11 is 0. The van der Waals surface area contributed by atoms with Crippen LogP contribution in [0.2, 0.25) is 0 Å². The smallest absolute Gasteiger partial charge is 0.247 e. The summed E-state index contributed by atoms with van der Waals surface area (Å²) < 4.78 is 129. The van der Waals surface area contributed by atoms with Crippen LogP contribution in [0.15, 0.2) is 121 Å². The number of halogens is 9. The van der Waals surface area contributed by atoms with Crippen LogP contribution < -0.4 is 0 Å². The van der Waals surface area contributed by atoms with E-state index in [2.05, 4.69) is 4.98 Å². The number of alkyl halides is 9. The molecule has 0 saturated heterocycles. The maximum Gasteiger partial charge on any atom is 0.417 e. The van der Waals surface area contributed by atoms with E-state index in [0.717, 1.165) is 6.07 Å². The molecule has 0 amide bonds. The van der Waals surface area contributed by atoms with Crippen molar-refractivity contribution in [3.8, 4) is 57.0 Å². The molecular formula is C44H20F9N5. The van der Waals surface area contributed by atoms with Gasteiger partial charge in [-0.2, -0.15) is 50.0 Å². The van der Waals surface area contributed by atoms with Gasteiger partial charge in [0.25, 0.3) is 0 Å². The summed E-state index contributed by atoms with van der Waals surface area (Å²) in [6.07, 6.45) is -15.3. The van der Waals surface area contributed by atoms with E-state index in [1.165, 1.54) is 36.4 Å². The van der Waals surface area contributed by atoms with E-state index in [9.17, 15) is 36.9 Å². The number of pyridine rings is 1. The quantitative estimate of drug-likeness (QED) is 0.131. The fraction of sp³-hybridized carbons (Fsp3) is 0.0682. The fourth-order valence-corrected chi connectivity index (χ4v) is 6.87. The van der Waals surface area contributed by atoms with E-state index in [4.69, 9.17) is 9.97 Å². The van der Waals surface area contributed by atoms with Crippen molar-refractivity contribution in [3.63, 3.8) is 0 Å². The molecule has 0 saturated carbocycles. The monoisotopic (exact) mass is 789 g/mol. The molecule has 0 radical (unpaired) electrons. The lowest BCUT2D eigenvalue weighted by Crippen LogP contribution is -2.11. The molecule has 0 unspecified atom stereocenters. The predicted molar refractivity (Wildman–Crippen MR) is 199 cm³/mol. The summed E-state index contributed by atoms with van der Waals surface area (Å²) in [6.45, 7) is 0. The van der Waals surface area contributed by atoms with Crippen LogP contribution in [-0.4, -0.2) is 15.0 Å². The van der Waals surface area contributed by atoms with Gasteiger partial charge in [0, 0.05) is 32.8 Å². The second-order valence-electron chi connectivity index (χ2n) is 13.2. The van der Waals surface area contributed by atoms with Crippen LogP contribution >= 0.6 is 0 Å². The first-order valence-electron chi connectivity index (χ1n) is 17.1.